The largest absolute Gasteiger partial charge is 0.497 e. The molecule has 0 atom stereocenters. The Hall–Kier alpha value is -2.74. The third-order valence-electron chi connectivity index (χ3n) is 2.70. The van der Waals surface area contributed by atoms with E-state index in [-0.39, 0.29) is 12.2 Å². The van der Waals surface area contributed by atoms with Crippen molar-refractivity contribution in [3.05, 3.63) is 53.3 Å². The van der Waals surface area contributed by atoms with Crippen LogP contribution in [-0.2, 0) is 6.61 Å². The summed E-state index contributed by atoms with van der Waals surface area (Å²) in [6, 6.07) is 11.0. The molecule has 4 nitrogen and oxygen atoms in total. The van der Waals surface area contributed by atoms with Gasteiger partial charge < -0.3 is 15.2 Å². The lowest BCUT2D eigenvalue weighted by atomic mass is 10.1. The first-order valence-electron chi connectivity index (χ1n) is 5.88. The third-order valence-corrected chi connectivity index (χ3v) is 2.70. The van der Waals surface area contributed by atoms with Crippen molar-refractivity contribution < 1.29 is 13.9 Å². The van der Waals surface area contributed by atoms with Crippen LogP contribution in [0.4, 0.5) is 10.1 Å². The topological polar surface area (TPSA) is 68.3 Å². The highest BCUT2D eigenvalue weighted by Gasteiger charge is 2.05. The summed E-state index contributed by atoms with van der Waals surface area (Å²) >= 11 is 0. The highest BCUT2D eigenvalue weighted by Crippen LogP contribution is 2.27. The summed E-state index contributed by atoms with van der Waals surface area (Å²) in [5.74, 6) is 0.645. The zero-order valence-corrected chi connectivity index (χ0v) is 10.9. The molecule has 5 heteroatoms. The van der Waals surface area contributed by atoms with Crippen LogP contribution in [-0.4, -0.2) is 7.11 Å². The number of hydrogen-bond donors (Lipinski definition) is 1. The molecular formula is C15H13FN2O2. The van der Waals surface area contributed by atoms with Crippen LogP contribution in [0.25, 0.3) is 0 Å². The number of halogens is 1. The van der Waals surface area contributed by atoms with Crippen LogP contribution >= 0.6 is 0 Å². The summed E-state index contributed by atoms with van der Waals surface area (Å²) in [6.45, 7) is 0.128. The fourth-order valence-corrected chi connectivity index (χ4v) is 1.74. The van der Waals surface area contributed by atoms with Crippen molar-refractivity contribution in [3.8, 4) is 17.6 Å². The number of methoxy groups -OCH3 is 1. The van der Waals surface area contributed by atoms with Gasteiger partial charge in [0, 0.05) is 6.07 Å². The van der Waals surface area contributed by atoms with Crippen LogP contribution in [0.2, 0.25) is 0 Å². The number of nitrogen functional groups attached to an aromatic ring is 1. The molecule has 0 aromatic heterocycles. The van der Waals surface area contributed by atoms with Crippen molar-refractivity contribution in [1.29, 1.82) is 5.26 Å². The summed E-state index contributed by atoms with van der Waals surface area (Å²) in [6.07, 6.45) is 0. The van der Waals surface area contributed by atoms with E-state index in [2.05, 4.69) is 0 Å². The summed E-state index contributed by atoms with van der Waals surface area (Å²) in [4.78, 5) is 0. The van der Waals surface area contributed by atoms with Gasteiger partial charge in [0.25, 0.3) is 0 Å². The van der Waals surface area contributed by atoms with Crippen LogP contribution < -0.4 is 15.2 Å². The van der Waals surface area contributed by atoms with E-state index in [1.807, 2.05) is 6.07 Å². The van der Waals surface area contributed by atoms with Gasteiger partial charge in [-0.3, -0.25) is 0 Å². The maximum Gasteiger partial charge on any atom is 0.142 e. The minimum atomic E-state index is -0.467. The molecule has 2 aromatic carbocycles. The first-order chi connectivity index (χ1) is 9.62. The van der Waals surface area contributed by atoms with Gasteiger partial charge in [0.1, 0.15) is 23.9 Å². The Morgan fingerprint density at radius 3 is 2.70 bits per heavy atom. The molecule has 2 rings (SSSR count). The second-order valence-corrected chi connectivity index (χ2v) is 4.15. The lowest BCUT2D eigenvalue weighted by molar-refractivity contribution is 0.306. The maximum absolute atomic E-state index is 13.3. The molecule has 0 bridgehead atoms. The number of nitrogens with two attached hydrogens (primary N) is 1. The Morgan fingerprint density at radius 2 is 2.05 bits per heavy atom. The van der Waals surface area contributed by atoms with Gasteiger partial charge in [-0.2, -0.15) is 5.26 Å². The summed E-state index contributed by atoms with van der Waals surface area (Å²) in [7, 11) is 1.55. The predicted octanol–water partition coefficient (Wildman–Crippen LogP) is 2.87. The summed E-state index contributed by atoms with van der Waals surface area (Å²) in [5.41, 5.74) is 7.07. The van der Waals surface area contributed by atoms with Crippen LogP contribution in [0.3, 0.4) is 0 Å². The fraction of sp³-hybridized carbons (Fsp3) is 0.133. The Balaban J connectivity index is 2.13. The zero-order chi connectivity index (χ0) is 14.5. The summed E-state index contributed by atoms with van der Waals surface area (Å²) in [5, 5.41) is 8.78. The normalized spacial score (nSPS) is 9.85. The second-order valence-electron chi connectivity index (χ2n) is 4.15. The first kappa shape index (κ1) is 13.7. The van der Waals surface area contributed by atoms with E-state index in [0.717, 1.165) is 0 Å². The smallest absolute Gasteiger partial charge is 0.142 e. The molecule has 2 N–H and O–H groups in total. The monoisotopic (exact) mass is 272 g/mol. The van der Waals surface area contributed by atoms with Gasteiger partial charge in [-0.15, -0.1) is 0 Å². The van der Waals surface area contributed by atoms with Gasteiger partial charge in [-0.05, 0) is 35.9 Å². The molecule has 0 radical (unpaired) electrons. The number of benzene rings is 2. The molecule has 0 aliphatic rings. The van der Waals surface area contributed by atoms with Crippen molar-refractivity contribution in [2.75, 3.05) is 12.8 Å². The van der Waals surface area contributed by atoms with Gasteiger partial charge in [0.05, 0.1) is 24.4 Å². The summed E-state index contributed by atoms with van der Waals surface area (Å²) < 4.78 is 23.8. The molecule has 0 aliphatic carbocycles. The van der Waals surface area contributed by atoms with Crippen molar-refractivity contribution in [2.24, 2.45) is 0 Å². The molecule has 0 saturated carbocycles. The zero-order valence-electron chi connectivity index (χ0n) is 10.9. The van der Waals surface area contributed by atoms with Crippen molar-refractivity contribution >= 4 is 5.69 Å². The van der Waals surface area contributed by atoms with Gasteiger partial charge in [0.2, 0.25) is 0 Å². The van der Waals surface area contributed by atoms with E-state index in [4.69, 9.17) is 20.5 Å². The number of ether oxygens (including phenoxy) is 2. The first-order valence-corrected chi connectivity index (χ1v) is 5.88. The number of nitrogens with zero attached hydrogens (tertiary/aromatic N) is 1. The standard InChI is InChI=1S/C15H13FN2O2/c1-19-13-2-3-15(14(18)7-13)20-9-11-4-10(8-17)5-12(16)6-11/h2-7H,9,18H2,1H3. The van der Waals surface area contributed by atoms with Crippen molar-refractivity contribution in [1.82, 2.24) is 0 Å². The predicted molar refractivity (Wildman–Crippen MR) is 72.9 cm³/mol. The molecule has 0 fully saturated rings. The third kappa shape index (κ3) is 3.18. The highest BCUT2D eigenvalue weighted by molar-refractivity contribution is 5.56. The number of hydrogen-bond acceptors (Lipinski definition) is 4. The van der Waals surface area contributed by atoms with Crippen LogP contribution in [0.5, 0.6) is 11.5 Å². The number of rotatable bonds is 4. The van der Waals surface area contributed by atoms with Crippen molar-refractivity contribution in [3.63, 3.8) is 0 Å². The molecule has 0 saturated heterocycles. The Kier molecular flexibility index (Phi) is 4.06. The molecule has 20 heavy (non-hydrogen) atoms. The van der Waals surface area contributed by atoms with E-state index in [0.29, 0.717) is 22.7 Å². The molecule has 0 spiro atoms. The van der Waals surface area contributed by atoms with Gasteiger partial charge >= 0.3 is 0 Å². The second kappa shape index (κ2) is 5.93. The van der Waals surface area contributed by atoms with E-state index in [1.165, 1.54) is 12.1 Å². The molecule has 2 aromatic rings. The number of anilines is 1. The number of nitriles is 1. The lowest BCUT2D eigenvalue weighted by Crippen LogP contribution is -2.00. The Morgan fingerprint density at radius 1 is 1.25 bits per heavy atom. The highest BCUT2D eigenvalue weighted by atomic mass is 19.1. The molecule has 0 aliphatic heterocycles. The minimum absolute atomic E-state index is 0.128. The average molecular weight is 272 g/mol. The van der Waals surface area contributed by atoms with Gasteiger partial charge in [0.15, 0.2) is 0 Å². The van der Waals surface area contributed by atoms with Crippen LogP contribution in [0, 0.1) is 17.1 Å². The lowest BCUT2D eigenvalue weighted by Gasteiger charge is -2.10. The van der Waals surface area contributed by atoms with E-state index in [1.54, 1.807) is 31.4 Å². The molecular weight excluding hydrogens is 259 g/mol. The van der Waals surface area contributed by atoms with Crippen LogP contribution in [0.15, 0.2) is 36.4 Å². The Bertz CT molecular complexity index is 665. The quantitative estimate of drug-likeness (QED) is 0.869. The fourth-order valence-electron chi connectivity index (χ4n) is 1.74. The minimum Gasteiger partial charge on any atom is -0.497 e. The maximum atomic E-state index is 13.3. The van der Waals surface area contributed by atoms with Crippen molar-refractivity contribution in [2.45, 2.75) is 6.61 Å². The SMILES string of the molecule is COc1ccc(OCc2cc(F)cc(C#N)c2)c(N)c1. The average Bonchev–Trinajstić information content (AvgIpc) is 2.45. The van der Waals surface area contributed by atoms with Gasteiger partial charge in [-0.1, -0.05) is 0 Å². The van der Waals surface area contributed by atoms with E-state index in [9.17, 15) is 4.39 Å². The molecule has 0 amide bonds. The Labute approximate surface area is 116 Å². The van der Waals surface area contributed by atoms with E-state index < -0.39 is 5.82 Å². The van der Waals surface area contributed by atoms with Gasteiger partial charge in [-0.25, -0.2) is 4.39 Å². The van der Waals surface area contributed by atoms with E-state index >= 15 is 0 Å². The molecule has 102 valence electrons. The molecule has 0 heterocycles. The van der Waals surface area contributed by atoms with Crippen LogP contribution in [0.1, 0.15) is 11.1 Å². The molecule has 0 unspecified atom stereocenters.